The molecule has 1 atom stereocenters. The summed E-state index contributed by atoms with van der Waals surface area (Å²) in [4.78, 5) is 1.30. The average Bonchev–Trinajstić information content (AvgIpc) is 3.11. The lowest BCUT2D eigenvalue weighted by Crippen LogP contribution is -2.14. The van der Waals surface area contributed by atoms with E-state index < -0.39 is 0 Å². The van der Waals surface area contributed by atoms with Crippen LogP contribution < -0.4 is 5.32 Å². The summed E-state index contributed by atoms with van der Waals surface area (Å²) >= 11 is 5.30. The molecule has 0 spiro atoms. The van der Waals surface area contributed by atoms with Crippen LogP contribution in [0.4, 0.5) is 5.82 Å². The van der Waals surface area contributed by atoms with Crippen molar-refractivity contribution in [1.82, 2.24) is 9.78 Å². The van der Waals surface area contributed by atoms with Crippen LogP contribution in [0.2, 0.25) is 0 Å². The fourth-order valence-corrected chi connectivity index (χ4v) is 3.65. The summed E-state index contributed by atoms with van der Waals surface area (Å²) in [6, 6.07) is 4.10. The highest BCUT2D eigenvalue weighted by Gasteiger charge is 2.17. The Balaban J connectivity index is 1.61. The second-order valence-electron chi connectivity index (χ2n) is 4.67. The van der Waals surface area contributed by atoms with Gasteiger partial charge in [0.25, 0.3) is 0 Å². The van der Waals surface area contributed by atoms with E-state index in [0.717, 1.165) is 38.5 Å². The zero-order valence-corrected chi connectivity index (χ0v) is 12.9. The van der Waals surface area contributed by atoms with Gasteiger partial charge in [-0.1, -0.05) is 0 Å². The van der Waals surface area contributed by atoms with Gasteiger partial charge in [0.05, 0.1) is 19.3 Å². The number of halogens is 1. The first kappa shape index (κ1) is 13.1. The predicted octanol–water partition coefficient (Wildman–Crippen LogP) is 3.36. The van der Waals surface area contributed by atoms with Gasteiger partial charge < -0.3 is 10.1 Å². The molecule has 102 valence electrons. The zero-order chi connectivity index (χ0) is 13.1. The second-order valence-corrected chi connectivity index (χ2v) is 6.53. The Morgan fingerprint density at radius 1 is 1.53 bits per heavy atom. The predicted molar refractivity (Wildman–Crippen MR) is 80.5 cm³/mol. The van der Waals surface area contributed by atoms with Gasteiger partial charge in [-0.25, -0.2) is 4.68 Å². The third-order valence-electron chi connectivity index (χ3n) is 3.29. The van der Waals surface area contributed by atoms with E-state index in [1.165, 1.54) is 9.35 Å². The van der Waals surface area contributed by atoms with Gasteiger partial charge in [0, 0.05) is 34.5 Å². The Hall–Kier alpha value is -0.850. The van der Waals surface area contributed by atoms with E-state index in [2.05, 4.69) is 37.8 Å². The van der Waals surface area contributed by atoms with E-state index in [0.29, 0.717) is 5.92 Å². The van der Waals surface area contributed by atoms with Crippen LogP contribution in [0.25, 0.3) is 0 Å². The fourth-order valence-electron chi connectivity index (χ4n) is 2.22. The summed E-state index contributed by atoms with van der Waals surface area (Å²) in [6.07, 6.45) is 2.98. The maximum Gasteiger partial charge on any atom is 0.124 e. The zero-order valence-electron chi connectivity index (χ0n) is 10.5. The Kier molecular flexibility index (Phi) is 4.20. The maximum atomic E-state index is 5.41. The molecule has 0 bridgehead atoms. The summed E-state index contributed by atoms with van der Waals surface area (Å²) in [5, 5.41) is 9.93. The largest absolute Gasteiger partial charge is 0.381 e. The number of aromatic nitrogens is 2. The molecule has 1 N–H and O–H groups in total. The summed E-state index contributed by atoms with van der Waals surface area (Å²) in [6.45, 7) is 3.50. The Bertz CT molecular complexity index is 533. The van der Waals surface area contributed by atoms with Crippen LogP contribution in [0.5, 0.6) is 0 Å². The number of ether oxygens (including phenoxy) is 1. The molecule has 0 aromatic carbocycles. The monoisotopic (exact) mass is 341 g/mol. The smallest absolute Gasteiger partial charge is 0.124 e. The number of anilines is 1. The molecule has 1 saturated heterocycles. The minimum atomic E-state index is 0.592. The fraction of sp³-hybridized carbons (Fsp3) is 0.462. The third kappa shape index (κ3) is 3.19. The number of thiophene rings is 1. The average molecular weight is 342 g/mol. The van der Waals surface area contributed by atoms with Gasteiger partial charge in [0.2, 0.25) is 0 Å². The third-order valence-corrected chi connectivity index (χ3v) is 5.22. The lowest BCUT2D eigenvalue weighted by atomic mass is 10.1. The topological polar surface area (TPSA) is 39.1 Å². The lowest BCUT2D eigenvalue weighted by Gasteiger charge is -2.12. The standard InChI is InChI=1S/C13H16BrN3OS/c14-11-3-6-19-12(11)7-15-13-1-4-16-17(13)8-10-2-5-18-9-10/h1,3-4,6,10,15H,2,5,7-9H2. The van der Waals surface area contributed by atoms with Crippen molar-refractivity contribution < 1.29 is 4.74 Å². The molecule has 4 nitrogen and oxygen atoms in total. The first-order valence-electron chi connectivity index (χ1n) is 6.38. The van der Waals surface area contributed by atoms with Crippen molar-refractivity contribution in [2.24, 2.45) is 5.92 Å². The van der Waals surface area contributed by atoms with Crippen molar-refractivity contribution in [3.63, 3.8) is 0 Å². The molecule has 6 heteroatoms. The van der Waals surface area contributed by atoms with Crippen LogP contribution in [0.1, 0.15) is 11.3 Å². The number of rotatable bonds is 5. The van der Waals surface area contributed by atoms with Crippen molar-refractivity contribution in [3.8, 4) is 0 Å². The van der Waals surface area contributed by atoms with E-state index in [9.17, 15) is 0 Å². The van der Waals surface area contributed by atoms with E-state index in [-0.39, 0.29) is 0 Å². The van der Waals surface area contributed by atoms with E-state index in [4.69, 9.17) is 4.74 Å². The van der Waals surface area contributed by atoms with E-state index in [1.807, 2.05) is 16.9 Å². The summed E-state index contributed by atoms with van der Waals surface area (Å²) in [5.41, 5.74) is 0. The molecule has 1 fully saturated rings. The molecule has 1 unspecified atom stereocenters. The Morgan fingerprint density at radius 3 is 3.21 bits per heavy atom. The Morgan fingerprint density at radius 2 is 2.47 bits per heavy atom. The van der Waals surface area contributed by atoms with Crippen molar-refractivity contribution in [2.45, 2.75) is 19.5 Å². The SMILES string of the molecule is Brc1ccsc1CNc1ccnn1CC1CCOC1. The van der Waals surface area contributed by atoms with Crippen LogP contribution >= 0.6 is 27.3 Å². The van der Waals surface area contributed by atoms with Gasteiger partial charge in [-0.05, 0) is 33.8 Å². The molecule has 3 rings (SSSR count). The summed E-state index contributed by atoms with van der Waals surface area (Å²) in [7, 11) is 0. The molecule has 0 aliphatic carbocycles. The number of hydrogen-bond donors (Lipinski definition) is 1. The number of nitrogens with zero attached hydrogens (tertiary/aromatic N) is 2. The van der Waals surface area contributed by atoms with Gasteiger partial charge in [0.1, 0.15) is 5.82 Å². The van der Waals surface area contributed by atoms with Gasteiger partial charge in [-0.3, -0.25) is 0 Å². The minimum Gasteiger partial charge on any atom is -0.381 e. The highest BCUT2D eigenvalue weighted by molar-refractivity contribution is 9.10. The van der Waals surface area contributed by atoms with Crippen molar-refractivity contribution in [2.75, 3.05) is 18.5 Å². The molecule has 2 aromatic heterocycles. The molecule has 19 heavy (non-hydrogen) atoms. The van der Waals surface area contributed by atoms with Crippen LogP contribution in [0, 0.1) is 5.92 Å². The quantitative estimate of drug-likeness (QED) is 0.906. The van der Waals surface area contributed by atoms with Gasteiger partial charge in [-0.2, -0.15) is 5.10 Å². The maximum absolute atomic E-state index is 5.41. The van der Waals surface area contributed by atoms with Crippen LogP contribution in [-0.4, -0.2) is 23.0 Å². The van der Waals surface area contributed by atoms with E-state index in [1.54, 1.807) is 11.3 Å². The van der Waals surface area contributed by atoms with Gasteiger partial charge in [-0.15, -0.1) is 11.3 Å². The van der Waals surface area contributed by atoms with E-state index >= 15 is 0 Å². The summed E-state index contributed by atoms with van der Waals surface area (Å²) < 4.78 is 8.62. The lowest BCUT2D eigenvalue weighted by molar-refractivity contribution is 0.181. The Labute approximate surface area is 124 Å². The molecule has 3 heterocycles. The molecule has 0 amide bonds. The first-order chi connectivity index (χ1) is 9.33. The number of nitrogens with one attached hydrogen (secondary N) is 1. The van der Waals surface area contributed by atoms with Crippen LogP contribution in [0.3, 0.4) is 0 Å². The van der Waals surface area contributed by atoms with Gasteiger partial charge >= 0.3 is 0 Å². The molecule has 2 aromatic rings. The van der Waals surface area contributed by atoms with Crippen molar-refractivity contribution in [3.05, 3.63) is 33.1 Å². The minimum absolute atomic E-state index is 0.592. The molecular formula is C13H16BrN3OS. The van der Waals surface area contributed by atoms with Crippen molar-refractivity contribution >= 4 is 33.1 Å². The molecule has 1 aliphatic heterocycles. The normalized spacial score (nSPS) is 18.9. The second kappa shape index (κ2) is 6.07. The molecule has 0 radical (unpaired) electrons. The highest BCUT2D eigenvalue weighted by atomic mass is 79.9. The molecular weight excluding hydrogens is 326 g/mol. The van der Waals surface area contributed by atoms with Gasteiger partial charge in [0.15, 0.2) is 0 Å². The molecule has 1 aliphatic rings. The highest BCUT2D eigenvalue weighted by Crippen LogP contribution is 2.24. The van der Waals surface area contributed by atoms with Crippen LogP contribution in [-0.2, 0) is 17.8 Å². The summed E-state index contributed by atoms with van der Waals surface area (Å²) in [5.74, 6) is 1.67. The molecule has 0 saturated carbocycles. The number of hydrogen-bond acceptors (Lipinski definition) is 4. The van der Waals surface area contributed by atoms with Crippen molar-refractivity contribution in [1.29, 1.82) is 0 Å². The first-order valence-corrected chi connectivity index (χ1v) is 8.05. The van der Waals surface area contributed by atoms with Crippen LogP contribution in [0.15, 0.2) is 28.2 Å².